The number of rotatable bonds is 0. The van der Waals surface area contributed by atoms with Crippen LogP contribution in [0.3, 0.4) is 0 Å². The van der Waals surface area contributed by atoms with Gasteiger partial charge >= 0.3 is 0 Å². The van der Waals surface area contributed by atoms with Crippen molar-refractivity contribution in [2.24, 2.45) is 34.0 Å². The maximum absolute atomic E-state index is 13.3. The highest BCUT2D eigenvalue weighted by atomic mass is 16.6. The maximum atomic E-state index is 13.3. The Hall–Kier alpha value is -0.750. The Morgan fingerprint density at radius 3 is 2.60 bits per heavy atom. The van der Waals surface area contributed by atoms with E-state index in [1.165, 1.54) is 0 Å². The second kappa shape index (κ2) is 4.56. The predicted molar refractivity (Wildman–Crippen MR) is 89.2 cm³/mol. The zero-order chi connectivity index (χ0) is 17.9. The van der Waals surface area contributed by atoms with Crippen molar-refractivity contribution in [3.8, 4) is 0 Å². The van der Waals surface area contributed by atoms with Crippen LogP contribution >= 0.6 is 0 Å². The summed E-state index contributed by atoms with van der Waals surface area (Å²) in [6, 6.07) is 0. The van der Waals surface area contributed by atoms with Gasteiger partial charge in [0, 0.05) is 17.3 Å². The van der Waals surface area contributed by atoms with Gasteiger partial charge in [0.05, 0.1) is 23.7 Å². The van der Waals surface area contributed by atoms with Crippen LogP contribution in [-0.2, 0) is 9.53 Å². The normalized spacial score (nSPS) is 58.8. The highest BCUT2D eigenvalue weighted by molar-refractivity contribution is 6.04. The molecule has 2 aliphatic heterocycles. The van der Waals surface area contributed by atoms with Crippen molar-refractivity contribution < 1.29 is 24.9 Å². The van der Waals surface area contributed by atoms with Crippen LogP contribution in [0.1, 0.15) is 46.0 Å². The molecule has 2 spiro atoms. The molecule has 5 nitrogen and oxygen atoms in total. The van der Waals surface area contributed by atoms with Crippen molar-refractivity contribution in [1.82, 2.24) is 0 Å². The first-order valence-electron chi connectivity index (χ1n) is 9.62. The zero-order valence-electron chi connectivity index (χ0n) is 14.9. The van der Waals surface area contributed by atoms with Gasteiger partial charge in [-0.05, 0) is 42.6 Å². The van der Waals surface area contributed by atoms with Crippen molar-refractivity contribution in [3.05, 3.63) is 12.2 Å². The van der Waals surface area contributed by atoms with E-state index in [9.17, 15) is 20.1 Å². The van der Waals surface area contributed by atoms with Crippen molar-refractivity contribution in [2.45, 2.75) is 70.6 Å². The third-order valence-electron chi connectivity index (χ3n) is 8.74. The minimum absolute atomic E-state index is 0.0169. The highest BCUT2D eigenvalue weighted by Gasteiger charge is 2.81. The third-order valence-corrected chi connectivity index (χ3v) is 8.74. The lowest BCUT2D eigenvalue weighted by Crippen LogP contribution is -2.78. The number of hydrogen-bond acceptors (Lipinski definition) is 5. The zero-order valence-corrected chi connectivity index (χ0v) is 14.9. The number of aliphatic hydroxyl groups is 3. The van der Waals surface area contributed by atoms with Crippen LogP contribution in [0.4, 0.5) is 0 Å². The number of carbonyl (C=O) groups is 1. The first-order valence-corrected chi connectivity index (χ1v) is 9.62. The van der Waals surface area contributed by atoms with Crippen LogP contribution in [0.25, 0.3) is 0 Å². The van der Waals surface area contributed by atoms with E-state index in [-0.39, 0.29) is 23.0 Å². The Bertz CT molecular complexity index is 671. The van der Waals surface area contributed by atoms with E-state index < -0.39 is 41.3 Å². The Kier molecular flexibility index (Phi) is 2.99. The molecule has 0 radical (unpaired) electrons. The molecule has 5 heteroatoms. The Morgan fingerprint density at radius 1 is 1.16 bits per heavy atom. The molecule has 25 heavy (non-hydrogen) atoms. The summed E-state index contributed by atoms with van der Waals surface area (Å²) in [5.41, 5.74) is -1.34. The molecule has 6 rings (SSSR count). The molecule has 0 aromatic carbocycles. The predicted octanol–water partition coefficient (Wildman–Crippen LogP) is 1.40. The largest absolute Gasteiger partial charge is 0.393 e. The SMILES string of the molecule is C=C1C(=O)C23C([C@@H](O)CC1[C@H]2O)[C@]12CCCC(C)(C)C1C[C@H]3OC2O. The molecule has 5 unspecified atom stereocenters. The second-order valence-electron chi connectivity index (χ2n) is 9.84. The molecule has 0 aromatic heterocycles. The number of ketones is 1. The summed E-state index contributed by atoms with van der Waals surface area (Å²) >= 11 is 0. The molecule has 4 bridgehead atoms. The quantitative estimate of drug-likeness (QED) is 0.576. The number of aliphatic hydroxyl groups excluding tert-OH is 3. The van der Waals surface area contributed by atoms with Gasteiger partial charge in [0.15, 0.2) is 12.1 Å². The molecule has 0 aromatic rings. The monoisotopic (exact) mass is 348 g/mol. The van der Waals surface area contributed by atoms with Gasteiger partial charge in [-0.3, -0.25) is 4.79 Å². The van der Waals surface area contributed by atoms with Crippen LogP contribution in [0, 0.1) is 34.0 Å². The first-order chi connectivity index (χ1) is 11.7. The number of carbonyl (C=O) groups excluding carboxylic acids is 1. The fourth-order valence-electron chi connectivity index (χ4n) is 7.90. The van der Waals surface area contributed by atoms with Gasteiger partial charge in [0.2, 0.25) is 0 Å². The van der Waals surface area contributed by atoms with E-state index in [0.717, 1.165) is 19.3 Å². The summed E-state index contributed by atoms with van der Waals surface area (Å²) in [6.07, 6.45) is 0.652. The Morgan fingerprint density at radius 2 is 1.88 bits per heavy atom. The molecule has 3 N–H and O–H groups in total. The average Bonchev–Trinajstić information content (AvgIpc) is 2.65. The average molecular weight is 348 g/mol. The fraction of sp³-hybridized carbons (Fsp3) is 0.850. The molecular formula is C20H28O5. The standard InChI is InChI=1S/C20H28O5/c1-9-10-7-11(21)14-19-6-4-5-18(2,3)12(19)8-13(25-17(19)24)20(14,15(9)22)16(10)23/h10-14,16-17,21,23-24H,1,4-8H2,2-3H3/t10?,11-,12?,13+,14?,16+,17?,19-,20?/m0/s1. The van der Waals surface area contributed by atoms with E-state index >= 15 is 0 Å². The summed E-state index contributed by atoms with van der Waals surface area (Å²) in [7, 11) is 0. The molecule has 138 valence electrons. The molecule has 6 fully saturated rings. The molecule has 6 aliphatic rings. The van der Waals surface area contributed by atoms with Crippen molar-refractivity contribution in [3.63, 3.8) is 0 Å². The lowest BCUT2D eigenvalue weighted by atomic mass is 9.37. The molecule has 4 saturated carbocycles. The van der Waals surface area contributed by atoms with Crippen LogP contribution in [-0.4, -0.2) is 45.7 Å². The molecule has 4 aliphatic carbocycles. The van der Waals surface area contributed by atoms with E-state index in [4.69, 9.17) is 4.74 Å². The molecule has 2 heterocycles. The van der Waals surface area contributed by atoms with Gasteiger partial charge in [0.1, 0.15) is 0 Å². The fourth-order valence-corrected chi connectivity index (χ4v) is 7.90. The number of Topliss-reactive ketones (excluding diaryl/α,β-unsaturated/α-hetero) is 1. The van der Waals surface area contributed by atoms with Crippen molar-refractivity contribution in [2.75, 3.05) is 0 Å². The van der Waals surface area contributed by atoms with E-state index in [0.29, 0.717) is 18.4 Å². The Balaban J connectivity index is 1.76. The van der Waals surface area contributed by atoms with Gasteiger partial charge in [-0.25, -0.2) is 0 Å². The maximum Gasteiger partial charge on any atom is 0.170 e. The van der Waals surface area contributed by atoms with Crippen LogP contribution in [0.5, 0.6) is 0 Å². The highest BCUT2D eigenvalue weighted by Crippen LogP contribution is 2.75. The Labute approximate surface area is 148 Å². The number of ether oxygens (including phenoxy) is 1. The van der Waals surface area contributed by atoms with Gasteiger partial charge < -0.3 is 20.1 Å². The minimum atomic E-state index is -1.12. The van der Waals surface area contributed by atoms with Gasteiger partial charge in [-0.1, -0.05) is 26.8 Å². The number of hydrogen-bond donors (Lipinski definition) is 3. The summed E-state index contributed by atoms with van der Waals surface area (Å²) in [5.74, 6) is -0.793. The second-order valence-corrected chi connectivity index (χ2v) is 9.84. The number of fused-ring (bicyclic) bond motifs is 2. The van der Waals surface area contributed by atoms with Gasteiger partial charge in [-0.15, -0.1) is 0 Å². The summed E-state index contributed by atoms with van der Waals surface area (Å²) < 4.78 is 5.99. The van der Waals surface area contributed by atoms with E-state index in [2.05, 4.69) is 20.4 Å². The van der Waals surface area contributed by atoms with E-state index in [1.807, 2.05) is 0 Å². The van der Waals surface area contributed by atoms with Crippen LogP contribution in [0.15, 0.2) is 12.2 Å². The van der Waals surface area contributed by atoms with E-state index in [1.54, 1.807) is 0 Å². The van der Waals surface area contributed by atoms with Gasteiger partial charge in [-0.2, -0.15) is 0 Å². The molecule has 9 atom stereocenters. The topological polar surface area (TPSA) is 87.0 Å². The van der Waals surface area contributed by atoms with Crippen LogP contribution in [0.2, 0.25) is 0 Å². The summed E-state index contributed by atoms with van der Waals surface area (Å²) in [4.78, 5) is 13.3. The lowest BCUT2D eigenvalue weighted by molar-refractivity contribution is -0.393. The third kappa shape index (κ3) is 1.51. The lowest BCUT2D eigenvalue weighted by Gasteiger charge is -2.72. The van der Waals surface area contributed by atoms with Gasteiger partial charge in [0.25, 0.3) is 0 Å². The smallest absolute Gasteiger partial charge is 0.170 e. The van der Waals surface area contributed by atoms with Crippen LogP contribution < -0.4 is 0 Å². The minimum Gasteiger partial charge on any atom is -0.393 e. The molecule has 2 saturated heterocycles. The van der Waals surface area contributed by atoms with Crippen molar-refractivity contribution in [1.29, 1.82) is 0 Å². The first kappa shape index (κ1) is 16.4. The summed E-state index contributed by atoms with van der Waals surface area (Å²) in [5, 5.41) is 33.2. The summed E-state index contributed by atoms with van der Waals surface area (Å²) in [6.45, 7) is 8.39. The molecular weight excluding hydrogens is 320 g/mol. The van der Waals surface area contributed by atoms with Crippen molar-refractivity contribution >= 4 is 5.78 Å². The molecule has 0 amide bonds.